The van der Waals surface area contributed by atoms with E-state index >= 15 is 0 Å². The van der Waals surface area contributed by atoms with Gasteiger partial charge in [0, 0.05) is 12.5 Å². The van der Waals surface area contributed by atoms with Crippen molar-refractivity contribution in [3.63, 3.8) is 0 Å². The van der Waals surface area contributed by atoms with Gasteiger partial charge in [-0.3, -0.25) is 14.4 Å². The number of phenolic OH excluding ortho intramolecular Hbond substituents is 1. The van der Waals surface area contributed by atoms with Crippen molar-refractivity contribution in [3.8, 4) is 5.75 Å². The van der Waals surface area contributed by atoms with Gasteiger partial charge in [0.15, 0.2) is 0 Å². The smallest absolute Gasteiger partial charge is 0.290 e. The van der Waals surface area contributed by atoms with E-state index in [1.165, 1.54) is 0 Å². The molecule has 3 rings (SSSR count). The van der Waals surface area contributed by atoms with Crippen LogP contribution in [-0.4, -0.2) is 45.8 Å². The predicted molar refractivity (Wildman–Crippen MR) is 119 cm³/mol. The SMILES string of the molecule is Cc1ccccc1CNC(=O)[C@H]1CC[C@@H](O)[C@H](NC(=O)Cc2cccc(O)c2)C1.O=CO. The maximum Gasteiger partial charge on any atom is 0.290 e. The quantitative estimate of drug-likeness (QED) is 0.434. The monoisotopic (exact) mass is 442 g/mol. The van der Waals surface area contributed by atoms with Crippen molar-refractivity contribution < 1.29 is 29.7 Å². The molecule has 1 fully saturated rings. The van der Waals surface area contributed by atoms with E-state index in [0.717, 1.165) is 11.1 Å². The molecule has 1 saturated carbocycles. The van der Waals surface area contributed by atoms with Crippen molar-refractivity contribution in [2.45, 2.75) is 51.3 Å². The van der Waals surface area contributed by atoms with Gasteiger partial charge in [0.25, 0.3) is 6.47 Å². The molecular formula is C24H30N2O6. The molecule has 1 aliphatic rings. The van der Waals surface area contributed by atoms with E-state index in [1.807, 2.05) is 31.2 Å². The van der Waals surface area contributed by atoms with Crippen LogP contribution in [0, 0.1) is 12.8 Å². The largest absolute Gasteiger partial charge is 0.508 e. The Morgan fingerprint density at radius 1 is 1.12 bits per heavy atom. The lowest BCUT2D eigenvalue weighted by Crippen LogP contribution is -2.49. The first-order valence-electron chi connectivity index (χ1n) is 10.5. The van der Waals surface area contributed by atoms with Crippen molar-refractivity contribution in [2.24, 2.45) is 5.92 Å². The second-order valence-electron chi connectivity index (χ2n) is 7.85. The number of carbonyl (C=O) groups is 3. The highest BCUT2D eigenvalue weighted by Crippen LogP contribution is 2.25. The first kappa shape index (κ1) is 24.9. The van der Waals surface area contributed by atoms with Crippen molar-refractivity contribution in [1.29, 1.82) is 0 Å². The Balaban J connectivity index is 0.00000114. The van der Waals surface area contributed by atoms with Gasteiger partial charge < -0.3 is 26.0 Å². The third kappa shape index (κ3) is 7.70. The number of aliphatic hydroxyl groups excluding tert-OH is 1. The minimum absolute atomic E-state index is 0.0487. The Morgan fingerprint density at radius 3 is 2.53 bits per heavy atom. The molecule has 2 aromatic rings. The average Bonchev–Trinajstić information content (AvgIpc) is 2.75. The molecule has 0 bridgehead atoms. The molecule has 1 aliphatic carbocycles. The van der Waals surface area contributed by atoms with Crippen molar-refractivity contribution in [3.05, 3.63) is 65.2 Å². The summed E-state index contributed by atoms with van der Waals surface area (Å²) in [5, 5.41) is 32.5. The molecule has 172 valence electrons. The topological polar surface area (TPSA) is 136 Å². The summed E-state index contributed by atoms with van der Waals surface area (Å²) in [6, 6.07) is 14.0. The van der Waals surface area contributed by atoms with Crippen LogP contribution in [0.1, 0.15) is 36.0 Å². The lowest BCUT2D eigenvalue weighted by atomic mass is 9.83. The number of hydrogen-bond acceptors (Lipinski definition) is 5. The lowest BCUT2D eigenvalue weighted by molar-refractivity contribution is -0.129. The highest BCUT2D eigenvalue weighted by molar-refractivity contribution is 5.80. The molecule has 0 heterocycles. The van der Waals surface area contributed by atoms with Crippen molar-refractivity contribution in [1.82, 2.24) is 10.6 Å². The number of aryl methyl sites for hydroxylation is 1. The third-order valence-electron chi connectivity index (χ3n) is 5.52. The summed E-state index contributed by atoms with van der Waals surface area (Å²) in [5.74, 6) is -0.417. The molecule has 0 aliphatic heterocycles. The molecule has 2 amide bonds. The molecule has 0 radical (unpaired) electrons. The number of nitrogens with one attached hydrogen (secondary N) is 2. The molecule has 3 atom stereocenters. The number of rotatable bonds is 6. The van der Waals surface area contributed by atoms with Gasteiger partial charge in [-0.15, -0.1) is 0 Å². The number of phenols is 1. The van der Waals surface area contributed by atoms with Gasteiger partial charge in [-0.25, -0.2) is 0 Å². The lowest BCUT2D eigenvalue weighted by Gasteiger charge is -2.33. The van der Waals surface area contributed by atoms with Gasteiger partial charge >= 0.3 is 0 Å². The first-order valence-corrected chi connectivity index (χ1v) is 10.5. The van der Waals surface area contributed by atoms with E-state index in [4.69, 9.17) is 9.90 Å². The van der Waals surface area contributed by atoms with E-state index in [-0.39, 0.29) is 36.4 Å². The fraction of sp³-hybridized carbons (Fsp3) is 0.375. The van der Waals surface area contributed by atoms with Gasteiger partial charge in [-0.1, -0.05) is 36.4 Å². The third-order valence-corrected chi connectivity index (χ3v) is 5.52. The van der Waals surface area contributed by atoms with E-state index in [9.17, 15) is 19.8 Å². The Hall–Kier alpha value is -3.39. The summed E-state index contributed by atoms with van der Waals surface area (Å²) >= 11 is 0. The predicted octanol–water partition coefficient (Wildman–Crippen LogP) is 1.91. The fourth-order valence-corrected chi connectivity index (χ4v) is 3.79. The molecule has 0 spiro atoms. The number of aliphatic hydroxyl groups is 1. The number of carbonyl (C=O) groups excluding carboxylic acids is 2. The van der Waals surface area contributed by atoms with E-state index < -0.39 is 12.1 Å². The van der Waals surface area contributed by atoms with Crippen LogP contribution < -0.4 is 10.6 Å². The molecule has 0 aromatic heterocycles. The summed E-state index contributed by atoms with van der Waals surface area (Å²) in [6.45, 7) is 2.23. The van der Waals surface area contributed by atoms with Gasteiger partial charge in [0.1, 0.15) is 5.75 Å². The number of amides is 2. The average molecular weight is 443 g/mol. The molecule has 5 N–H and O–H groups in total. The molecule has 32 heavy (non-hydrogen) atoms. The second kappa shape index (κ2) is 12.5. The summed E-state index contributed by atoms with van der Waals surface area (Å²) in [6.07, 6.45) is 0.927. The van der Waals surface area contributed by atoms with Crippen LogP contribution in [-0.2, 0) is 27.3 Å². The standard InChI is InChI=1S/C23H28N2O4.CH2O2/c1-15-5-2-3-7-18(15)14-24-23(29)17-9-10-21(27)20(13-17)25-22(28)12-16-6-4-8-19(26)11-16;2-1-3/h2-8,11,17,20-21,26-27H,9-10,12-14H2,1H3,(H,24,29)(H,25,28);1H,(H,2,3)/t17-,20+,21+;/m0./s1. The molecular weight excluding hydrogens is 412 g/mol. The first-order chi connectivity index (χ1) is 15.3. The highest BCUT2D eigenvalue weighted by atomic mass is 16.3. The normalized spacial score (nSPS) is 19.8. The molecule has 0 unspecified atom stereocenters. The minimum Gasteiger partial charge on any atom is -0.508 e. The van der Waals surface area contributed by atoms with Crippen LogP contribution in [0.3, 0.4) is 0 Å². The zero-order chi connectivity index (χ0) is 23.5. The zero-order valence-corrected chi connectivity index (χ0v) is 18.0. The summed E-state index contributed by atoms with van der Waals surface area (Å²) in [4.78, 5) is 33.3. The highest BCUT2D eigenvalue weighted by Gasteiger charge is 2.33. The number of hydrogen-bond donors (Lipinski definition) is 5. The minimum atomic E-state index is -0.663. The zero-order valence-electron chi connectivity index (χ0n) is 18.0. The Kier molecular flexibility index (Phi) is 9.69. The van der Waals surface area contributed by atoms with Crippen LogP contribution in [0.5, 0.6) is 5.75 Å². The maximum absolute atomic E-state index is 12.6. The van der Waals surface area contributed by atoms with Gasteiger partial charge in [-0.05, 0) is 55.0 Å². The summed E-state index contributed by atoms with van der Waals surface area (Å²) < 4.78 is 0. The van der Waals surface area contributed by atoms with Gasteiger partial charge in [0.2, 0.25) is 11.8 Å². The fourth-order valence-electron chi connectivity index (χ4n) is 3.79. The molecule has 8 nitrogen and oxygen atoms in total. The van der Waals surface area contributed by atoms with Gasteiger partial charge in [-0.2, -0.15) is 0 Å². The van der Waals surface area contributed by atoms with Crippen LogP contribution in [0.4, 0.5) is 0 Å². The molecule has 0 saturated heterocycles. The van der Waals surface area contributed by atoms with Gasteiger partial charge in [0.05, 0.1) is 18.6 Å². The van der Waals surface area contributed by atoms with Crippen LogP contribution in [0.25, 0.3) is 0 Å². The second-order valence-corrected chi connectivity index (χ2v) is 7.85. The Morgan fingerprint density at radius 2 is 1.84 bits per heavy atom. The summed E-state index contributed by atoms with van der Waals surface area (Å²) in [5.41, 5.74) is 2.90. The van der Waals surface area contributed by atoms with Crippen LogP contribution >= 0.6 is 0 Å². The maximum atomic E-state index is 12.6. The van der Waals surface area contributed by atoms with E-state index in [0.29, 0.717) is 31.4 Å². The number of benzene rings is 2. The molecule has 2 aromatic carbocycles. The van der Waals surface area contributed by atoms with E-state index in [2.05, 4.69) is 10.6 Å². The summed E-state index contributed by atoms with van der Waals surface area (Å²) in [7, 11) is 0. The Bertz CT molecular complexity index is 917. The van der Waals surface area contributed by atoms with Crippen molar-refractivity contribution in [2.75, 3.05) is 0 Å². The van der Waals surface area contributed by atoms with Crippen LogP contribution in [0.2, 0.25) is 0 Å². The number of aromatic hydroxyl groups is 1. The van der Waals surface area contributed by atoms with E-state index in [1.54, 1.807) is 24.3 Å². The molecule has 8 heteroatoms. The van der Waals surface area contributed by atoms with Crippen molar-refractivity contribution >= 4 is 18.3 Å². The number of carboxylic acid groups (broad SMARTS) is 1. The van der Waals surface area contributed by atoms with Crippen LogP contribution in [0.15, 0.2) is 48.5 Å². The Labute approximate surface area is 187 Å².